The molecular weight excluding hydrogens is 613 g/mol. The molecule has 0 spiro atoms. The van der Waals surface area contributed by atoms with Crippen molar-refractivity contribution in [3.05, 3.63) is 107 Å². The van der Waals surface area contributed by atoms with Gasteiger partial charge >= 0.3 is 18.2 Å². The Morgan fingerprint density at radius 2 is 1.55 bits per heavy atom. The van der Waals surface area contributed by atoms with Crippen LogP contribution >= 0.6 is 0 Å². The number of alkyl carbamates (subject to hydrolysis) is 1. The first kappa shape index (κ1) is 33.0. The standard InChI is InChI=1S/C35H33F3N4O5/c1-22-31(30(47-42-22)19-18-23-11-3-2-4-12-23)41-32(43)29(17-9-10-20-39-33(44)35(36,37)38)40-34(45)46-21-28-26-15-7-5-13-24(26)25-14-6-8-16-27(25)28/h2-8,11-16,18-19,28-29H,9-10,17,20-21H2,1H3,(H,39,44)(H,40,45)(H,41,43)/b19-18+/t29-/m1/s1. The molecule has 47 heavy (non-hydrogen) atoms. The summed E-state index contributed by atoms with van der Waals surface area (Å²) in [5.41, 5.74) is 5.78. The summed E-state index contributed by atoms with van der Waals surface area (Å²) >= 11 is 0. The van der Waals surface area contributed by atoms with E-state index < -0.39 is 30.1 Å². The molecule has 12 heteroatoms. The molecule has 3 amide bonds. The van der Waals surface area contributed by atoms with Gasteiger partial charge in [-0.15, -0.1) is 0 Å². The minimum atomic E-state index is -4.99. The van der Waals surface area contributed by atoms with E-state index in [9.17, 15) is 27.6 Å². The van der Waals surface area contributed by atoms with Crippen LogP contribution in [0.3, 0.4) is 0 Å². The number of aryl methyl sites for hydroxylation is 1. The Kier molecular flexibility index (Phi) is 10.4. The summed E-state index contributed by atoms with van der Waals surface area (Å²) in [4.78, 5) is 37.7. The number of unbranched alkanes of at least 4 members (excludes halogenated alkanes) is 1. The van der Waals surface area contributed by atoms with Gasteiger partial charge in [0.25, 0.3) is 0 Å². The Morgan fingerprint density at radius 3 is 2.21 bits per heavy atom. The molecule has 5 rings (SSSR count). The van der Waals surface area contributed by atoms with E-state index in [1.54, 1.807) is 19.1 Å². The Labute approximate surface area is 269 Å². The highest BCUT2D eigenvalue weighted by molar-refractivity contribution is 5.98. The molecule has 0 unspecified atom stereocenters. The van der Waals surface area contributed by atoms with Crippen LogP contribution in [0, 0.1) is 6.92 Å². The fourth-order valence-corrected chi connectivity index (χ4v) is 5.43. The van der Waals surface area contributed by atoms with Crippen LogP contribution in [0.2, 0.25) is 0 Å². The Morgan fingerprint density at radius 1 is 0.915 bits per heavy atom. The number of ether oxygens (including phenoxy) is 1. The molecule has 0 fully saturated rings. The number of alkyl halides is 3. The van der Waals surface area contributed by atoms with Crippen LogP contribution in [0.5, 0.6) is 0 Å². The van der Waals surface area contributed by atoms with Gasteiger partial charge in [0, 0.05) is 12.5 Å². The van der Waals surface area contributed by atoms with Crippen LogP contribution in [-0.2, 0) is 14.3 Å². The minimum absolute atomic E-state index is 0.0247. The highest BCUT2D eigenvalue weighted by Crippen LogP contribution is 2.44. The second kappa shape index (κ2) is 14.8. The molecule has 1 atom stereocenters. The number of hydrogen-bond donors (Lipinski definition) is 3. The average Bonchev–Trinajstić information content (AvgIpc) is 3.58. The second-order valence-electron chi connectivity index (χ2n) is 11.0. The summed E-state index contributed by atoms with van der Waals surface area (Å²) in [6.07, 6.45) is -1.98. The van der Waals surface area contributed by atoms with Gasteiger partial charge in [0.15, 0.2) is 5.76 Å². The number of rotatable bonds is 12. The van der Waals surface area contributed by atoms with Crippen molar-refractivity contribution in [2.45, 2.75) is 44.3 Å². The van der Waals surface area contributed by atoms with Gasteiger partial charge in [-0.1, -0.05) is 90.1 Å². The molecule has 4 aromatic rings. The highest BCUT2D eigenvalue weighted by atomic mass is 19.4. The summed E-state index contributed by atoms with van der Waals surface area (Å²) in [6, 6.07) is 24.0. The smallest absolute Gasteiger partial charge is 0.449 e. The van der Waals surface area contributed by atoms with E-state index in [0.29, 0.717) is 11.4 Å². The van der Waals surface area contributed by atoms with Crippen molar-refractivity contribution < 1.29 is 36.8 Å². The van der Waals surface area contributed by atoms with Crippen LogP contribution in [-0.4, -0.2) is 48.4 Å². The predicted molar refractivity (Wildman–Crippen MR) is 170 cm³/mol. The molecule has 0 aliphatic heterocycles. The molecule has 1 heterocycles. The molecular formula is C35H33F3N4O5. The maximum atomic E-state index is 13.5. The molecule has 1 aliphatic rings. The zero-order valence-corrected chi connectivity index (χ0v) is 25.5. The molecule has 0 bridgehead atoms. The molecule has 9 nitrogen and oxygen atoms in total. The number of fused-ring (bicyclic) bond motifs is 3. The number of carbonyl (C=O) groups excluding carboxylic acids is 3. The van der Waals surface area contributed by atoms with Crippen LogP contribution in [0.1, 0.15) is 53.3 Å². The first-order valence-electron chi connectivity index (χ1n) is 15.1. The van der Waals surface area contributed by atoms with E-state index >= 15 is 0 Å². The van der Waals surface area contributed by atoms with E-state index in [2.05, 4.69) is 15.8 Å². The lowest BCUT2D eigenvalue weighted by Crippen LogP contribution is -2.44. The first-order valence-corrected chi connectivity index (χ1v) is 15.1. The number of halogens is 3. The van der Waals surface area contributed by atoms with Crippen molar-refractivity contribution in [1.82, 2.24) is 15.8 Å². The van der Waals surface area contributed by atoms with Crippen molar-refractivity contribution >= 4 is 35.7 Å². The number of nitrogens with zero attached hydrogens (tertiary/aromatic N) is 1. The fraction of sp³-hybridized carbons (Fsp3) is 0.257. The molecule has 0 saturated heterocycles. The normalized spacial score (nSPS) is 13.1. The number of anilines is 1. The maximum absolute atomic E-state index is 13.5. The summed E-state index contributed by atoms with van der Waals surface area (Å²) in [5.74, 6) is -2.55. The van der Waals surface area contributed by atoms with Crippen molar-refractivity contribution in [2.75, 3.05) is 18.5 Å². The topological polar surface area (TPSA) is 123 Å². The first-order chi connectivity index (χ1) is 22.6. The summed E-state index contributed by atoms with van der Waals surface area (Å²) in [5, 5.41) is 11.1. The van der Waals surface area contributed by atoms with Crippen LogP contribution in [0.4, 0.5) is 23.7 Å². The summed E-state index contributed by atoms with van der Waals surface area (Å²) in [7, 11) is 0. The van der Waals surface area contributed by atoms with Gasteiger partial charge in [-0.25, -0.2) is 4.79 Å². The third kappa shape index (κ3) is 8.26. The number of nitrogens with one attached hydrogen (secondary N) is 3. The van der Waals surface area contributed by atoms with E-state index in [1.165, 1.54) is 0 Å². The molecule has 1 aliphatic carbocycles. The number of hydrogen-bond acceptors (Lipinski definition) is 6. The Bertz CT molecular complexity index is 1710. The van der Waals surface area contributed by atoms with Crippen molar-refractivity contribution in [2.24, 2.45) is 0 Å². The molecule has 0 radical (unpaired) electrons. The van der Waals surface area contributed by atoms with E-state index in [1.807, 2.05) is 84.2 Å². The van der Waals surface area contributed by atoms with Crippen LogP contribution in [0.25, 0.3) is 23.3 Å². The van der Waals surface area contributed by atoms with Crippen molar-refractivity contribution in [1.29, 1.82) is 0 Å². The van der Waals surface area contributed by atoms with Crippen LogP contribution in [0.15, 0.2) is 83.4 Å². The fourth-order valence-electron chi connectivity index (χ4n) is 5.43. The van der Waals surface area contributed by atoms with E-state index in [4.69, 9.17) is 9.26 Å². The zero-order chi connectivity index (χ0) is 33.4. The summed E-state index contributed by atoms with van der Waals surface area (Å²) in [6.45, 7) is 1.42. The van der Waals surface area contributed by atoms with Crippen molar-refractivity contribution in [3.63, 3.8) is 0 Å². The lowest BCUT2D eigenvalue weighted by molar-refractivity contribution is -0.173. The lowest BCUT2D eigenvalue weighted by Gasteiger charge is -2.20. The highest BCUT2D eigenvalue weighted by Gasteiger charge is 2.38. The molecule has 3 aromatic carbocycles. The minimum Gasteiger partial charge on any atom is -0.449 e. The third-order valence-corrected chi connectivity index (χ3v) is 7.78. The largest absolute Gasteiger partial charge is 0.471 e. The molecule has 0 saturated carbocycles. The third-order valence-electron chi connectivity index (χ3n) is 7.78. The quantitative estimate of drug-likeness (QED) is 0.145. The molecule has 244 valence electrons. The number of amides is 3. The number of benzene rings is 3. The SMILES string of the molecule is Cc1noc(/C=C/c2ccccc2)c1NC(=O)[C@@H](CCCCNC(=O)C(F)(F)F)NC(=O)OCC1c2ccccc2-c2ccccc21. The number of carbonyl (C=O) groups is 3. The lowest BCUT2D eigenvalue weighted by atomic mass is 9.98. The van der Waals surface area contributed by atoms with Gasteiger partial charge < -0.3 is 25.2 Å². The Hall–Kier alpha value is -5.39. The van der Waals surface area contributed by atoms with Crippen molar-refractivity contribution in [3.8, 4) is 11.1 Å². The van der Waals surface area contributed by atoms with Gasteiger partial charge in [-0.3, -0.25) is 9.59 Å². The van der Waals surface area contributed by atoms with E-state index in [0.717, 1.165) is 27.8 Å². The predicted octanol–water partition coefficient (Wildman–Crippen LogP) is 6.85. The maximum Gasteiger partial charge on any atom is 0.471 e. The average molecular weight is 647 g/mol. The number of aromatic nitrogens is 1. The summed E-state index contributed by atoms with van der Waals surface area (Å²) < 4.78 is 48.6. The second-order valence-corrected chi connectivity index (χ2v) is 11.0. The van der Waals surface area contributed by atoms with Gasteiger partial charge in [-0.2, -0.15) is 13.2 Å². The van der Waals surface area contributed by atoms with Gasteiger partial charge in [0.1, 0.15) is 24.0 Å². The molecule has 1 aromatic heterocycles. The van der Waals surface area contributed by atoms with Gasteiger partial charge in [0.05, 0.1) is 0 Å². The monoisotopic (exact) mass is 646 g/mol. The van der Waals surface area contributed by atoms with Crippen LogP contribution < -0.4 is 16.0 Å². The van der Waals surface area contributed by atoms with Gasteiger partial charge in [0.2, 0.25) is 5.91 Å². The zero-order valence-electron chi connectivity index (χ0n) is 25.5. The Balaban J connectivity index is 1.25. The van der Waals surface area contributed by atoms with E-state index in [-0.39, 0.29) is 44.1 Å². The van der Waals surface area contributed by atoms with Gasteiger partial charge in [-0.05, 0) is 60.1 Å². The molecule has 3 N–H and O–H groups in total.